The van der Waals surface area contributed by atoms with Gasteiger partial charge in [-0.05, 0) is 54.6 Å². The Morgan fingerprint density at radius 2 is 2.00 bits per heavy atom. The summed E-state index contributed by atoms with van der Waals surface area (Å²) < 4.78 is 34.0. The van der Waals surface area contributed by atoms with E-state index >= 15 is 0 Å². The third kappa shape index (κ3) is 4.06. The summed E-state index contributed by atoms with van der Waals surface area (Å²) in [5.74, 6) is -3.10. The number of thiophene rings is 1. The van der Waals surface area contributed by atoms with Crippen LogP contribution in [0.5, 0.6) is 5.75 Å². The Kier molecular flexibility index (Phi) is 6.31. The minimum absolute atomic E-state index is 0.0357. The number of Topliss-reactive ketones (excluding diaryl/α,β-unsaturated/α-hetero) is 1. The van der Waals surface area contributed by atoms with E-state index in [1.54, 1.807) is 35.7 Å². The molecule has 1 amide bonds. The number of ether oxygens (including phenoxy) is 1. The fraction of sp³-hybridized carbons (Fsp3) is 0.192. The third-order valence-corrected chi connectivity index (χ3v) is 7.70. The van der Waals surface area contributed by atoms with E-state index in [0.29, 0.717) is 28.9 Å². The topological polar surface area (TPSA) is 79.7 Å². The number of ketones is 1. The number of hydrogen-bond donors (Lipinski definition) is 1. The zero-order chi connectivity index (χ0) is 25.6. The molecule has 1 unspecified atom stereocenters. The predicted octanol–water partition coefficient (Wildman–Crippen LogP) is 6.36. The first kappa shape index (κ1) is 24.1. The predicted molar refractivity (Wildman–Crippen MR) is 136 cm³/mol. The van der Waals surface area contributed by atoms with Crippen LogP contribution in [0.4, 0.5) is 13.9 Å². The molecule has 0 saturated carbocycles. The highest BCUT2D eigenvalue weighted by Crippen LogP contribution is 2.45. The molecule has 10 heteroatoms. The molecule has 0 bridgehead atoms. The zero-order valence-electron chi connectivity index (χ0n) is 19.2. The number of aliphatic hydroxyl groups excluding tert-OH is 1. The number of hydrogen-bond acceptors (Lipinski definition) is 7. The molecule has 1 saturated heterocycles. The third-order valence-electron chi connectivity index (χ3n) is 5.78. The lowest BCUT2D eigenvalue weighted by atomic mass is 9.99. The number of rotatable bonds is 6. The first-order chi connectivity index (χ1) is 17.3. The number of aliphatic hydroxyl groups is 1. The largest absolute Gasteiger partial charge is 0.507 e. The van der Waals surface area contributed by atoms with Gasteiger partial charge in [-0.2, -0.15) is 0 Å². The SMILES string of the molecule is CCCOc1ccc(/C(O)=C2\C(=O)C(=O)N(c3nc4c(F)cc(F)cc4s3)C2c2cccs2)cc1C. The van der Waals surface area contributed by atoms with E-state index < -0.39 is 29.4 Å². The summed E-state index contributed by atoms with van der Waals surface area (Å²) in [4.78, 5) is 32.5. The molecule has 36 heavy (non-hydrogen) atoms. The summed E-state index contributed by atoms with van der Waals surface area (Å²) in [5.41, 5.74) is 0.919. The number of halogens is 2. The van der Waals surface area contributed by atoms with Crippen LogP contribution in [0.25, 0.3) is 16.0 Å². The first-order valence-electron chi connectivity index (χ1n) is 11.1. The second-order valence-corrected chi connectivity index (χ2v) is 10.2. The molecule has 2 aromatic heterocycles. The van der Waals surface area contributed by atoms with E-state index in [-0.39, 0.29) is 26.7 Å². The quantitative estimate of drug-likeness (QED) is 0.180. The number of aromatic nitrogens is 1. The second kappa shape index (κ2) is 9.44. The maximum absolute atomic E-state index is 14.3. The Labute approximate surface area is 213 Å². The number of benzene rings is 2. The van der Waals surface area contributed by atoms with Crippen LogP contribution in [0.1, 0.15) is 35.4 Å². The molecule has 1 aliphatic rings. The number of aryl methyl sites for hydroxylation is 1. The van der Waals surface area contributed by atoms with E-state index in [0.717, 1.165) is 34.3 Å². The lowest BCUT2D eigenvalue weighted by Crippen LogP contribution is -2.28. The van der Waals surface area contributed by atoms with Crippen LogP contribution in [0.3, 0.4) is 0 Å². The number of anilines is 1. The molecule has 0 aliphatic carbocycles. The molecular formula is C26H20F2N2O4S2. The van der Waals surface area contributed by atoms with Gasteiger partial charge in [-0.25, -0.2) is 13.8 Å². The van der Waals surface area contributed by atoms with Crippen molar-refractivity contribution < 1.29 is 28.2 Å². The number of nitrogens with zero attached hydrogens (tertiary/aromatic N) is 2. The number of amides is 1. The van der Waals surface area contributed by atoms with Gasteiger partial charge < -0.3 is 9.84 Å². The fourth-order valence-electron chi connectivity index (χ4n) is 4.12. The van der Waals surface area contributed by atoms with Crippen LogP contribution in [-0.4, -0.2) is 28.4 Å². The van der Waals surface area contributed by atoms with Gasteiger partial charge >= 0.3 is 5.91 Å². The molecule has 1 N–H and O–H groups in total. The zero-order valence-corrected chi connectivity index (χ0v) is 20.9. The van der Waals surface area contributed by atoms with Crippen LogP contribution in [0.2, 0.25) is 0 Å². The summed E-state index contributed by atoms with van der Waals surface area (Å²) in [6, 6.07) is 9.39. The monoisotopic (exact) mass is 526 g/mol. The van der Waals surface area contributed by atoms with Crippen molar-refractivity contribution >= 4 is 55.5 Å². The summed E-state index contributed by atoms with van der Waals surface area (Å²) in [6.45, 7) is 4.36. The molecule has 4 aromatic rings. The number of carbonyl (C=O) groups is 2. The van der Waals surface area contributed by atoms with Gasteiger partial charge in [-0.15, -0.1) is 11.3 Å². The number of fused-ring (bicyclic) bond motifs is 1. The second-order valence-electron chi connectivity index (χ2n) is 8.24. The maximum Gasteiger partial charge on any atom is 0.301 e. The van der Waals surface area contributed by atoms with Crippen molar-refractivity contribution in [2.24, 2.45) is 0 Å². The summed E-state index contributed by atoms with van der Waals surface area (Å²) >= 11 is 2.19. The minimum atomic E-state index is -0.977. The van der Waals surface area contributed by atoms with Crippen molar-refractivity contribution in [1.29, 1.82) is 0 Å². The van der Waals surface area contributed by atoms with E-state index in [2.05, 4.69) is 4.98 Å². The van der Waals surface area contributed by atoms with Gasteiger partial charge in [-0.3, -0.25) is 14.5 Å². The molecule has 5 rings (SSSR count). The lowest BCUT2D eigenvalue weighted by Gasteiger charge is -2.21. The normalized spacial score (nSPS) is 17.3. The lowest BCUT2D eigenvalue weighted by molar-refractivity contribution is -0.132. The molecule has 184 valence electrons. The minimum Gasteiger partial charge on any atom is -0.507 e. The van der Waals surface area contributed by atoms with E-state index in [1.807, 2.05) is 13.8 Å². The van der Waals surface area contributed by atoms with Crippen LogP contribution in [-0.2, 0) is 9.59 Å². The Morgan fingerprint density at radius 1 is 1.19 bits per heavy atom. The Hall–Kier alpha value is -3.63. The first-order valence-corrected chi connectivity index (χ1v) is 12.8. The van der Waals surface area contributed by atoms with E-state index in [4.69, 9.17) is 4.74 Å². The molecule has 1 atom stereocenters. The van der Waals surface area contributed by atoms with Crippen LogP contribution in [0.15, 0.2) is 53.4 Å². The van der Waals surface area contributed by atoms with Crippen molar-refractivity contribution in [2.75, 3.05) is 11.5 Å². The summed E-state index contributed by atoms with van der Waals surface area (Å²) in [7, 11) is 0. The van der Waals surface area contributed by atoms with E-state index in [9.17, 15) is 23.5 Å². The average molecular weight is 527 g/mol. The van der Waals surface area contributed by atoms with Crippen molar-refractivity contribution in [2.45, 2.75) is 26.3 Å². The Balaban J connectivity index is 1.65. The van der Waals surface area contributed by atoms with Crippen LogP contribution in [0, 0.1) is 18.6 Å². The molecular weight excluding hydrogens is 506 g/mol. The van der Waals surface area contributed by atoms with Gasteiger partial charge in [0, 0.05) is 16.5 Å². The van der Waals surface area contributed by atoms with Crippen LogP contribution >= 0.6 is 22.7 Å². The highest BCUT2D eigenvalue weighted by atomic mass is 32.1. The molecule has 1 aliphatic heterocycles. The van der Waals surface area contributed by atoms with Gasteiger partial charge in [-0.1, -0.05) is 24.3 Å². The van der Waals surface area contributed by atoms with E-state index in [1.165, 1.54) is 11.3 Å². The van der Waals surface area contributed by atoms with Gasteiger partial charge in [0.25, 0.3) is 5.78 Å². The number of carbonyl (C=O) groups excluding carboxylic acids is 2. The van der Waals surface area contributed by atoms with Crippen molar-refractivity contribution in [3.63, 3.8) is 0 Å². The number of thiazole rings is 1. The van der Waals surface area contributed by atoms with Crippen molar-refractivity contribution in [3.05, 3.63) is 81.1 Å². The average Bonchev–Trinajstić information content (AvgIpc) is 3.57. The van der Waals surface area contributed by atoms with Gasteiger partial charge in [0.2, 0.25) is 0 Å². The van der Waals surface area contributed by atoms with Crippen molar-refractivity contribution in [1.82, 2.24) is 4.98 Å². The molecule has 6 nitrogen and oxygen atoms in total. The Bertz CT molecular complexity index is 1530. The highest BCUT2D eigenvalue weighted by molar-refractivity contribution is 7.22. The molecule has 3 heterocycles. The molecule has 1 fully saturated rings. The van der Waals surface area contributed by atoms with Crippen molar-refractivity contribution in [3.8, 4) is 5.75 Å². The summed E-state index contributed by atoms with van der Waals surface area (Å²) in [6.07, 6.45) is 0.841. The smallest absolute Gasteiger partial charge is 0.301 e. The van der Waals surface area contributed by atoms with Gasteiger partial charge in [0.1, 0.15) is 28.9 Å². The molecule has 2 aromatic carbocycles. The van der Waals surface area contributed by atoms with Gasteiger partial charge in [0.05, 0.1) is 16.9 Å². The van der Waals surface area contributed by atoms with Gasteiger partial charge in [0.15, 0.2) is 10.9 Å². The summed E-state index contributed by atoms with van der Waals surface area (Å²) in [5, 5.41) is 13.1. The highest BCUT2D eigenvalue weighted by Gasteiger charge is 2.48. The van der Waals surface area contributed by atoms with Crippen LogP contribution < -0.4 is 9.64 Å². The molecule has 0 radical (unpaired) electrons. The Morgan fingerprint density at radius 3 is 2.69 bits per heavy atom. The maximum atomic E-state index is 14.3. The fourth-order valence-corrected chi connectivity index (χ4v) is 5.98. The molecule has 0 spiro atoms. The standard InChI is InChI=1S/C26H20F2N2O4S2/c1-3-8-34-17-7-6-14(10-13(17)2)23(31)20-22(18-5-4-9-35-18)30(25(33)24(20)32)26-29-21-16(28)11-15(27)12-19(21)36-26/h4-7,9-12,22,31H,3,8H2,1-2H3/b23-20+.